The third-order valence-corrected chi connectivity index (χ3v) is 2.59. The van der Waals surface area contributed by atoms with E-state index in [1.54, 1.807) is 12.1 Å². The van der Waals surface area contributed by atoms with Crippen molar-refractivity contribution in [1.82, 2.24) is 0 Å². The number of rotatable bonds is 2. The molecule has 0 saturated carbocycles. The topological polar surface area (TPSA) is 40.5 Å². The first-order valence-electron chi connectivity index (χ1n) is 4.90. The highest BCUT2D eigenvalue weighted by Crippen LogP contribution is 2.25. The minimum atomic E-state index is 0.0624. The average molecular weight is 235 g/mol. The summed E-state index contributed by atoms with van der Waals surface area (Å²) in [5.74, 6) is 0.160. The van der Waals surface area contributed by atoms with Gasteiger partial charge in [-0.25, -0.2) is 0 Å². The van der Waals surface area contributed by atoms with Gasteiger partial charge in [0.05, 0.1) is 0 Å². The van der Waals surface area contributed by atoms with Crippen molar-refractivity contribution in [3.63, 3.8) is 0 Å². The summed E-state index contributed by atoms with van der Waals surface area (Å²) < 4.78 is 0. The van der Waals surface area contributed by atoms with E-state index in [0.717, 1.165) is 11.1 Å². The summed E-state index contributed by atoms with van der Waals surface area (Å²) in [7, 11) is 0. The molecule has 2 aromatic carbocycles. The maximum atomic E-state index is 9.63. The Kier molecular flexibility index (Phi) is 3.02. The zero-order chi connectivity index (χ0) is 11.5. The molecule has 0 atom stereocenters. The first-order chi connectivity index (χ1) is 7.65. The van der Waals surface area contributed by atoms with Gasteiger partial charge in [-0.05, 0) is 29.3 Å². The maximum Gasteiger partial charge on any atom is 0.122 e. The van der Waals surface area contributed by atoms with Crippen molar-refractivity contribution in [2.24, 2.45) is 0 Å². The molecule has 0 spiro atoms. The molecule has 0 radical (unpaired) electrons. The van der Waals surface area contributed by atoms with Gasteiger partial charge in [0, 0.05) is 17.5 Å². The third-order valence-electron chi connectivity index (χ3n) is 2.35. The molecular formula is C13H11ClO2. The minimum absolute atomic E-state index is 0.0624. The molecule has 82 valence electrons. The van der Waals surface area contributed by atoms with Crippen molar-refractivity contribution < 1.29 is 10.2 Å². The smallest absolute Gasteiger partial charge is 0.122 e. The van der Waals surface area contributed by atoms with Crippen LogP contribution >= 0.6 is 11.6 Å². The fourth-order valence-electron chi connectivity index (χ4n) is 1.57. The van der Waals surface area contributed by atoms with Crippen molar-refractivity contribution in [2.75, 3.05) is 0 Å². The van der Waals surface area contributed by atoms with Crippen molar-refractivity contribution in [2.45, 2.75) is 6.42 Å². The molecular weight excluding hydrogens is 224 g/mol. The summed E-state index contributed by atoms with van der Waals surface area (Å²) in [4.78, 5) is 0. The molecule has 0 unspecified atom stereocenters. The van der Waals surface area contributed by atoms with Gasteiger partial charge in [-0.15, -0.1) is 0 Å². The predicted molar refractivity (Wildman–Crippen MR) is 64.0 cm³/mol. The molecule has 2 nitrogen and oxygen atoms in total. The van der Waals surface area contributed by atoms with Gasteiger partial charge in [0.1, 0.15) is 11.5 Å². The van der Waals surface area contributed by atoms with E-state index in [0.29, 0.717) is 11.4 Å². The average Bonchev–Trinajstić information content (AvgIpc) is 2.22. The predicted octanol–water partition coefficient (Wildman–Crippen LogP) is 3.34. The Morgan fingerprint density at radius 2 is 1.81 bits per heavy atom. The molecule has 2 rings (SSSR count). The molecule has 0 aliphatic rings. The number of phenolic OH excluding ortho intramolecular Hbond substituents is 2. The van der Waals surface area contributed by atoms with Gasteiger partial charge in [0.15, 0.2) is 0 Å². The van der Waals surface area contributed by atoms with Crippen LogP contribution in [0.1, 0.15) is 11.1 Å². The quantitative estimate of drug-likeness (QED) is 0.837. The number of hydrogen-bond donors (Lipinski definition) is 2. The largest absolute Gasteiger partial charge is 0.508 e. The SMILES string of the molecule is Oc1ccc(Cc2cccc(Cl)c2)c(O)c1. The summed E-state index contributed by atoms with van der Waals surface area (Å²) in [5, 5.41) is 19.5. The van der Waals surface area contributed by atoms with E-state index in [1.165, 1.54) is 6.07 Å². The summed E-state index contributed by atoms with van der Waals surface area (Å²) in [5.41, 5.74) is 1.79. The molecule has 16 heavy (non-hydrogen) atoms. The van der Waals surface area contributed by atoms with Crippen molar-refractivity contribution in [3.05, 3.63) is 58.6 Å². The second-order valence-corrected chi connectivity index (χ2v) is 4.06. The summed E-state index contributed by atoms with van der Waals surface area (Å²) in [6.45, 7) is 0. The first-order valence-corrected chi connectivity index (χ1v) is 5.28. The monoisotopic (exact) mass is 234 g/mol. The highest BCUT2D eigenvalue weighted by Gasteiger charge is 2.03. The number of hydrogen-bond acceptors (Lipinski definition) is 2. The molecule has 0 heterocycles. The van der Waals surface area contributed by atoms with Crippen LogP contribution in [0.2, 0.25) is 5.02 Å². The molecule has 0 aromatic heterocycles. The van der Waals surface area contributed by atoms with Crippen LogP contribution in [-0.4, -0.2) is 10.2 Å². The van der Waals surface area contributed by atoms with Gasteiger partial charge < -0.3 is 10.2 Å². The van der Waals surface area contributed by atoms with Gasteiger partial charge >= 0.3 is 0 Å². The summed E-state index contributed by atoms with van der Waals surface area (Å²) >= 11 is 5.87. The molecule has 0 bridgehead atoms. The molecule has 0 aliphatic carbocycles. The lowest BCUT2D eigenvalue weighted by Crippen LogP contribution is -1.88. The molecule has 0 amide bonds. The number of phenols is 2. The van der Waals surface area contributed by atoms with Crippen LogP contribution in [0, 0.1) is 0 Å². The van der Waals surface area contributed by atoms with Crippen LogP contribution in [0.3, 0.4) is 0 Å². The van der Waals surface area contributed by atoms with Crippen LogP contribution < -0.4 is 0 Å². The van der Waals surface area contributed by atoms with E-state index in [4.69, 9.17) is 16.7 Å². The van der Waals surface area contributed by atoms with Gasteiger partial charge in [0.25, 0.3) is 0 Å². The second-order valence-electron chi connectivity index (χ2n) is 3.62. The third kappa shape index (κ3) is 2.47. The van der Waals surface area contributed by atoms with Crippen molar-refractivity contribution >= 4 is 11.6 Å². The molecule has 0 fully saturated rings. The van der Waals surface area contributed by atoms with E-state index in [2.05, 4.69) is 0 Å². The van der Waals surface area contributed by atoms with Gasteiger partial charge in [-0.3, -0.25) is 0 Å². The van der Waals surface area contributed by atoms with Crippen molar-refractivity contribution in [1.29, 1.82) is 0 Å². The van der Waals surface area contributed by atoms with Gasteiger partial charge in [-0.1, -0.05) is 29.8 Å². The molecule has 2 aromatic rings. The molecule has 0 saturated heterocycles. The Bertz CT molecular complexity index is 509. The Hall–Kier alpha value is -1.67. The zero-order valence-corrected chi connectivity index (χ0v) is 9.28. The van der Waals surface area contributed by atoms with E-state index >= 15 is 0 Å². The Morgan fingerprint density at radius 1 is 1.00 bits per heavy atom. The lowest BCUT2D eigenvalue weighted by Gasteiger charge is -2.05. The Balaban J connectivity index is 2.27. The normalized spacial score (nSPS) is 10.3. The fourth-order valence-corrected chi connectivity index (χ4v) is 1.78. The van der Waals surface area contributed by atoms with E-state index in [1.807, 2.05) is 24.3 Å². The van der Waals surface area contributed by atoms with Crippen LogP contribution in [0.4, 0.5) is 0 Å². The maximum absolute atomic E-state index is 9.63. The minimum Gasteiger partial charge on any atom is -0.508 e. The summed E-state index contributed by atoms with van der Waals surface area (Å²) in [6.07, 6.45) is 0.590. The number of benzene rings is 2. The van der Waals surface area contributed by atoms with Crippen LogP contribution in [0.5, 0.6) is 11.5 Å². The molecule has 2 N–H and O–H groups in total. The number of aromatic hydroxyl groups is 2. The van der Waals surface area contributed by atoms with Crippen LogP contribution in [0.15, 0.2) is 42.5 Å². The Morgan fingerprint density at radius 3 is 2.50 bits per heavy atom. The van der Waals surface area contributed by atoms with Crippen LogP contribution in [0.25, 0.3) is 0 Å². The Labute approximate surface area is 98.7 Å². The zero-order valence-electron chi connectivity index (χ0n) is 8.52. The van der Waals surface area contributed by atoms with Crippen LogP contribution in [-0.2, 0) is 6.42 Å². The van der Waals surface area contributed by atoms with Gasteiger partial charge in [-0.2, -0.15) is 0 Å². The molecule has 0 aliphatic heterocycles. The standard InChI is InChI=1S/C13H11ClO2/c14-11-3-1-2-9(7-11)6-10-4-5-12(15)8-13(10)16/h1-5,7-8,15-16H,6H2. The lowest BCUT2D eigenvalue weighted by molar-refractivity contribution is 0.447. The lowest BCUT2D eigenvalue weighted by atomic mass is 10.0. The van der Waals surface area contributed by atoms with E-state index < -0.39 is 0 Å². The fraction of sp³-hybridized carbons (Fsp3) is 0.0769. The summed E-state index contributed by atoms with van der Waals surface area (Å²) in [6, 6.07) is 12.1. The second kappa shape index (κ2) is 4.45. The molecule has 3 heteroatoms. The first kappa shape index (κ1) is 10.8. The van der Waals surface area contributed by atoms with Gasteiger partial charge in [0.2, 0.25) is 0 Å². The van der Waals surface area contributed by atoms with E-state index in [9.17, 15) is 5.11 Å². The van der Waals surface area contributed by atoms with Crippen molar-refractivity contribution in [3.8, 4) is 11.5 Å². The van der Waals surface area contributed by atoms with E-state index in [-0.39, 0.29) is 11.5 Å². The highest BCUT2D eigenvalue weighted by molar-refractivity contribution is 6.30. The highest BCUT2D eigenvalue weighted by atomic mass is 35.5. The number of halogens is 1.